The quantitative estimate of drug-likeness (QED) is 0.884. The molecule has 5 heteroatoms. The molecule has 0 spiro atoms. The summed E-state index contributed by atoms with van der Waals surface area (Å²) < 4.78 is 5.85. The van der Waals surface area contributed by atoms with Crippen LogP contribution in [0.1, 0.15) is 48.5 Å². The molecule has 1 aliphatic rings. The lowest BCUT2D eigenvalue weighted by Gasteiger charge is -2.13. The molecule has 0 saturated heterocycles. The Bertz CT molecular complexity index is 712. The first kappa shape index (κ1) is 14.6. The van der Waals surface area contributed by atoms with Gasteiger partial charge in [0.05, 0.1) is 12.8 Å². The number of rotatable bonds is 5. The highest BCUT2D eigenvalue weighted by Gasteiger charge is 2.22. The first-order valence-electron chi connectivity index (χ1n) is 7.52. The maximum atomic E-state index is 11.0. The maximum absolute atomic E-state index is 11.0. The minimum Gasteiger partial charge on any atom is -0.481 e. The lowest BCUT2D eigenvalue weighted by Crippen LogP contribution is -2.11. The van der Waals surface area contributed by atoms with E-state index in [1.54, 1.807) is 6.07 Å². The van der Waals surface area contributed by atoms with E-state index in [2.05, 4.69) is 0 Å². The van der Waals surface area contributed by atoms with Crippen LogP contribution in [0.2, 0.25) is 0 Å². The van der Waals surface area contributed by atoms with Crippen molar-refractivity contribution in [3.8, 4) is 0 Å². The minimum absolute atomic E-state index is 0.183. The molecule has 22 heavy (non-hydrogen) atoms. The van der Waals surface area contributed by atoms with Crippen molar-refractivity contribution < 1.29 is 24.2 Å². The van der Waals surface area contributed by atoms with E-state index in [1.807, 2.05) is 12.1 Å². The molecule has 0 saturated carbocycles. The van der Waals surface area contributed by atoms with Crippen LogP contribution in [0.5, 0.6) is 0 Å². The second-order valence-electron chi connectivity index (χ2n) is 5.86. The van der Waals surface area contributed by atoms with Crippen molar-refractivity contribution in [1.29, 1.82) is 0 Å². The van der Waals surface area contributed by atoms with Gasteiger partial charge in [0.25, 0.3) is 0 Å². The topological polar surface area (TPSA) is 87.7 Å². The fourth-order valence-electron chi connectivity index (χ4n) is 3.26. The van der Waals surface area contributed by atoms with E-state index in [4.69, 9.17) is 14.6 Å². The molecule has 0 atom stereocenters. The Labute approximate surface area is 127 Å². The Morgan fingerprint density at radius 1 is 1.09 bits per heavy atom. The molecular weight excluding hydrogens is 284 g/mol. The van der Waals surface area contributed by atoms with Gasteiger partial charge in [-0.3, -0.25) is 9.59 Å². The zero-order chi connectivity index (χ0) is 15.7. The molecule has 0 amide bonds. The van der Waals surface area contributed by atoms with Gasteiger partial charge in [-0.1, -0.05) is 6.07 Å². The molecule has 1 aromatic carbocycles. The third kappa shape index (κ3) is 2.84. The molecule has 2 aromatic rings. The first-order valence-corrected chi connectivity index (χ1v) is 7.52. The Balaban J connectivity index is 2.01. The Kier molecular flexibility index (Phi) is 3.88. The van der Waals surface area contributed by atoms with Crippen LogP contribution in [0.3, 0.4) is 0 Å². The summed E-state index contributed by atoms with van der Waals surface area (Å²) in [6.45, 7) is 0. The Morgan fingerprint density at radius 3 is 2.45 bits per heavy atom. The van der Waals surface area contributed by atoms with Crippen LogP contribution in [-0.4, -0.2) is 22.2 Å². The van der Waals surface area contributed by atoms with E-state index in [0.717, 1.165) is 48.0 Å². The third-order valence-electron chi connectivity index (χ3n) is 4.29. The van der Waals surface area contributed by atoms with Gasteiger partial charge in [-0.15, -0.1) is 0 Å². The van der Waals surface area contributed by atoms with Crippen molar-refractivity contribution in [3.05, 3.63) is 35.1 Å². The Morgan fingerprint density at radius 2 is 1.77 bits per heavy atom. The highest BCUT2D eigenvalue weighted by atomic mass is 16.4. The van der Waals surface area contributed by atoms with Gasteiger partial charge in [-0.2, -0.15) is 0 Å². The molecule has 0 aliphatic heterocycles. The summed E-state index contributed by atoms with van der Waals surface area (Å²) in [7, 11) is 0. The third-order valence-corrected chi connectivity index (χ3v) is 4.29. The maximum Gasteiger partial charge on any atom is 0.303 e. The van der Waals surface area contributed by atoms with E-state index < -0.39 is 17.9 Å². The molecule has 0 fully saturated rings. The van der Waals surface area contributed by atoms with Gasteiger partial charge in [-0.25, -0.2) is 0 Å². The summed E-state index contributed by atoms with van der Waals surface area (Å²) in [4.78, 5) is 22.0. The van der Waals surface area contributed by atoms with E-state index in [-0.39, 0.29) is 12.8 Å². The second-order valence-corrected chi connectivity index (χ2v) is 5.86. The number of benzene rings is 1. The molecule has 1 aliphatic carbocycles. The number of aryl methyl sites for hydroxylation is 2. The lowest BCUT2D eigenvalue weighted by molar-refractivity contribution is -0.139. The van der Waals surface area contributed by atoms with Gasteiger partial charge in [0.2, 0.25) is 0 Å². The van der Waals surface area contributed by atoms with Crippen molar-refractivity contribution in [2.75, 3.05) is 0 Å². The first-order chi connectivity index (χ1) is 10.5. The molecule has 5 nitrogen and oxygen atoms in total. The normalized spacial score (nSPS) is 14.2. The fourth-order valence-corrected chi connectivity index (χ4v) is 3.26. The summed E-state index contributed by atoms with van der Waals surface area (Å²) in [5.41, 5.74) is 2.76. The van der Waals surface area contributed by atoms with Gasteiger partial charge in [-0.05, 0) is 37.0 Å². The monoisotopic (exact) mass is 302 g/mol. The van der Waals surface area contributed by atoms with E-state index in [1.165, 1.54) is 5.56 Å². The fraction of sp³-hybridized carbons (Fsp3) is 0.412. The number of carbonyl (C=O) groups is 2. The van der Waals surface area contributed by atoms with Crippen LogP contribution in [0.4, 0.5) is 0 Å². The van der Waals surface area contributed by atoms with Crippen molar-refractivity contribution in [1.82, 2.24) is 0 Å². The number of carboxylic acids is 2. The molecule has 3 rings (SSSR count). The summed E-state index contributed by atoms with van der Waals surface area (Å²) in [6, 6.07) is 5.53. The van der Waals surface area contributed by atoms with Gasteiger partial charge in [0.15, 0.2) is 0 Å². The molecule has 2 N–H and O–H groups in total. The molecule has 116 valence electrons. The van der Waals surface area contributed by atoms with Crippen LogP contribution in [0.25, 0.3) is 11.0 Å². The molecule has 0 radical (unpaired) electrons. The largest absolute Gasteiger partial charge is 0.481 e. The number of hydrogen-bond donors (Lipinski definition) is 2. The van der Waals surface area contributed by atoms with Crippen molar-refractivity contribution in [3.63, 3.8) is 0 Å². The number of furan rings is 1. The zero-order valence-electron chi connectivity index (χ0n) is 12.2. The number of hydrogen-bond acceptors (Lipinski definition) is 3. The molecule has 0 unspecified atom stereocenters. The van der Waals surface area contributed by atoms with Crippen molar-refractivity contribution in [2.45, 2.75) is 44.4 Å². The highest BCUT2D eigenvalue weighted by Crippen LogP contribution is 2.35. The van der Waals surface area contributed by atoms with Gasteiger partial charge in [0, 0.05) is 23.3 Å². The van der Waals surface area contributed by atoms with E-state index in [0.29, 0.717) is 0 Å². The molecule has 1 heterocycles. The number of fused-ring (bicyclic) bond motifs is 3. The van der Waals surface area contributed by atoms with Gasteiger partial charge in [0.1, 0.15) is 11.3 Å². The number of carboxylic acid groups (broad SMARTS) is 2. The van der Waals surface area contributed by atoms with Crippen molar-refractivity contribution >= 4 is 22.9 Å². The zero-order valence-corrected chi connectivity index (χ0v) is 12.2. The average Bonchev–Trinajstić information content (AvgIpc) is 2.83. The summed E-state index contributed by atoms with van der Waals surface area (Å²) in [5.74, 6) is -1.47. The van der Waals surface area contributed by atoms with Crippen LogP contribution < -0.4 is 0 Å². The van der Waals surface area contributed by atoms with Crippen LogP contribution in [0.15, 0.2) is 22.6 Å². The van der Waals surface area contributed by atoms with E-state index in [9.17, 15) is 9.59 Å². The smallest absolute Gasteiger partial charge is 0.303 e. The number of aliphatic carboxylic acids is 2. The summed E-state index contributed by atoms with van der Waals surface area (Å²) >= 11 is 0. The van der Waals surface area contributed by atoms with Crippen LogP contribution in [0, 0.1) is 0 Å². The summed E-state index contributed by atoms with van der Waals surface area (Å²) in [5, 5.41) is 19.0. The van der Waals surface area contributed by atoms with Gasteiger partial charge >= 0.3 is 11.9 Å². The molecular formula is C17H18O5. The SMILES string of the molecule is O=C(O)CC(CC(=O)O)c1ccc2oc3c(c2c1)CCCC3. The minimum atomic E-state index is -0.986. The predicted octanol–water partition coefficient (Wildman–Crippen LogP) is 3.34. The standard InChI is InChI=1S/C17H18O5/c18-16(19)8-11(9-17(20)21)10-5-6-15-13(7-10)12-3-1-2-4-14(12)22-15/h5-7,11H,1-4,8-9H2,(H,18,19)(H,20,21). The van der Waals surface area contributed by atoms with Crippen LogP contribution in [-0.2, 0) is 22.4 Å². The average molecular weight is 302 g/mol. The van der Waals surface area contributed by atoms with E-state index >= 15 is 0 Å². The summed E-state index contributed by atoms with van der Waals surface area (Å²) in [6.07, 6.45) is 3.79. The second kappa shape index (κ2) is 5.83. The van der Waals surface area contributed by atoms with Gasteiger partial charge < -0.3 is 14.6 Å². The molecule has 1 aromatic heterocycles. The van der Waals surface area contributed by atoms with Crippen molar-refractivity contribution in [2.24, 2.45) is 0 Å². The molecule has 0 bridgehead atoms. The van der Waals surface area contributed by atoms with Crippen LogP contribution >= 0.6 is 0 Å². The lowest BCUT2D eigenvalue weighted by atomic mass is 9.90. The Hall–Kier alpha value is -2.30. The predicted molar refractivity (Wildman–Crippen MR) is 80.1 cm³/mol. The highest BCUT2D eigenvalue weighted by molar-refractivity contribution is 5.84.